The number of hydrogen-bond donors (Lipinski definition) is 1. The summed E-state index contributed by atoms with van der Waals surface area (Å²) >= 11 is 1.73. The van der Waals surface area contributed by atoms with Gasteiger partial charge in [0.05, 0.1) is 12.2 Å². The van der Waals surface area contributed by atoms with Crippen LogP contribution in [-0.4, -0.2) is 19.6 Å². The van der Waals surface area contributed by atoms with E-state index < -0.39 is 0 Å². The van der Waals surface area contributed by atoms with Gasteiger partial charge in [-0.2, -0.15) is 5.10 Å². The van der Waals surface area contributed by atoms with E-state index >= 15 is 0 Å². The number of fused-ring (bicyclic) bond motifs is 1. The van der Waals surface area contributed by atoms with E-state index in [1.165, 1.54) is 10.4 Å². The Bertz CT molecular complexity index is 1270. The average Bonchev–Trinajstić information content (AvgIpc) is 3.40. The first kappa shape index (κ1) is 17.6. The molecule has 5 aromatic rings. The standard InChI is InChI=1S/C23H19N5S/c1-16-5-2-6-17(13-16)22-23(28-21(27-22)8-3-10-26-28)18-9-11-24-20(14-18)25-15-19-7-4-12-29-19/h2-14H,15H2,1H3,(H,24,25). The lowest BCUT2D eigenvalue weighted by molar-refractivity contribution is 0.942. The third kappa shape index (κ3) is 3.50. The second kappa shape index (κ2) is 7.48. The first-order valence-electron chi connectivity index (χ1n) is 9.41. The molecule has 0 radical (unpaired) electrons. The highest BCUT2D eigenvalue weighted by Gasteiger charge is 2.17. The molecule has 0 unspecified atom stereocenters. The number of anilines is 1. The first-order valence-corrected chi connectivity index (χ1v) is 10.3. The van der Waals surface area contributed by atoms with Gasteiger partial charge in [-0.05, 0) is 48.7 Å². The van der Waals surface area contributed by atoms with Crippen LogP contribution in [0.3, 0.4) is 0 Å². The van der Waals surface area contributed by atoms with Crippen LogP contribution in [0.1, 0.15) is 10.4 Å². The average molecular weight is 398 g/mol. The van der Waals surface area contributed by atoms with Crippen molar-refractivity contribution in [3.05, 3.63) is 88.9 Å². The predicted octanol–water partition coefficient (Wildman–Crippen LogP) is 5.44. The number of nitrogens with one attached hydrogen (secondary N) is 1. The number of benzene rings is 1. The second-order valence-electron chi connectivity index (χ2n) is 6.83. The van der Waals surface area contributed by atoms with Gasteiger partial charge in [0.2, 0.25) is 0 Å². The van der Waals surface area contributed by atoms with Gasteiger partial charge >= 0.3 is 0 Å². The summed E-state index contributed by atoms with van der Waals surface area (Å²) in [5.41, 5.74) is 6.01. The number of aromatic nitrogens is 4. The first-order chi connectivity index (χ1) is 14.3. The van der Waals surface area contributed by atoms with Gasteiger partial charge < -0.3 is 5.32 Å². The maximum atomic E-state index is 4.88. The fraction of sp³-hybridized carbons (Fsp3) is 0.0870. The molecule has 6 heteroatoms. The summed E-state index contributed by atoms with van der Waals surface area (Å²) in [6.45, 7) is 2.85. The molecule has 0 spiro atoms. The van der Waals surface area contributed by atoms with Crippen LogP contribution in [-0.2, 0) is 6.54 Å². The number of hydrogen-bond acceptors (Lipinski definition) is 5. The van der Waals surface area contributed by atoms with Crippen LogP contribution in [0.5, 0.6) is 0 Å². The molecule has 0 saturated carbocycles. The fourth-order valence-electron chi connectivity index (χ4n) is 3.41. The van der Waals surface area contributed by atoms with Gasteiger partial charge in [-0.15, -0.1) is 11.3 Å². The van der Waals surface area contributed by atoms with E-state index in [0.29, 0.717) is 0 Å². The molecule has 5 nitrogen and oxygen atoms in total. The van der Waals surface area contributed by atoms with Crippen LogP contribution in [0.25, 0.3) is 28.2 Å². The van der Waals surface area contributed by atoms with Crippen LogP contribution in [0, 0.1) is 6.92 Å². The summed E-state index contributed by atoms with van der Waals surface area (Å²) in [5, 5.41) is 10.1. The number of pyridine rings is 1. The Kier molecular flexibility index (Phi) is 4.54. The van der Waals surface area contributed by atoms with Crippen LogP contribution >= 0.6 is 11.3 Å². The zero-order valence-corrected chi connectivity index (χ0v) is 16.7. The number of aryl methyl sites for hydroxylation is 1. The highest BCUT2D eigenvalue weighted by atomic mass is 32.1. The summed E-state index contributed by atoms with van der Waals surface area (Å²) in [4.78, 5) is 10.6. The van der Waals surface area contributed by atoms with Gasteiger partial charge in [0.1, 0.15) is 11.5 Å². The molecule has 0 aliphatic heterocycles. The van der Waals surface area contributed by atoms with Crippen LogP contribution in [0.4, 0.5) is 5.82 Å². The van der Waals surface area contributed by atoms with Gasteiger partial charge in [0.25, 0.3) is 0 Å². The van der Waals surface area contributed by atoms with E-state index in [2.05, 4.69) is 70.2 Å². The minimum absolute atomic E-state index is 0.754. The van der Waals surface area contributed by atoms with E-state index in [1.54, 1.807) is 17.5 Å². The molecule has 0 fully saturated rings. The summed E-state index contributed by atoms with van der Waals surface area (Å²) in [6.07, 6.45) is 3.61. The molecule has 1 aromatic carbocycles. The van der Waals surface area contributed by atoms with Gasteiger partial charge in [-0.1, -0.05) is 29.8 Å². The lowest BCUT2D eigenvalue weighted by atomic mass is 10.0. The third-order valence-corrected chi connectivity index (χ3v) is 5.62. The van der Waals surface area contributed by atoms with Crippen molar-refractivity contribution in [1.82, 2.24) is 19.6 Å². The van der Waals surface area contributed by atoms with Gasteiger partial charge in [-0.25, -0.2) is 14.5 Å². The molecular weight excluding hydrogens is 378 g/mol. The maximum absolute atomic E-state index is 4.88. The monoisotopic (exact) mass is 397 g/mol. The zero-order valence-electron chi connectivity index (χ0n) is 15.9. The number of rotatable bonds is 5. The summed E-state index contributed by atoms with van der Waals surface area (Å²) in [6, 6.07) is 20.5. The maximum Gasteiger partial charge on any atom is 0.154 e. The Morgan fingerprint density at radius 3 is 2.79 bits per heavy atom. The molecular formula is C23H19N5S. The van der Waals surface area contributed by atoms with E-state index in [4.69, 9.17) is 4.98 Å². The minimum Gasteiger partial charge on any atom is -0.365 e. The Balaban J connectivity index is 1.61. The topological polar surface area (TPSA) is 55.1 Å². The molecule has 29 heavy (non-hydrogen) atoms. The normalized spacial score (nSPS) is 11.1. The van der Waals surface area contributed by atoms with E-state index in [0.717, 1.165) is 40.5 Å². The Labute approximate surface area is 172 Å². The number of nitrogens with zero attached hydrogens (tertiary/aromatic N) is 4. The van der Waals surface area contributed by atoms with Crippen molar-refractivity contribution in [1.29, 1.82) is 0 Å². The molecule has 5 rings (SSSR count). The van der Waals surface area contributed by atoms with Gasteiger partial charge in [-0.3, -0.25) is 0 Å². The van der Waals surface area contributed by atoms with Crippen molar-refractivity contribution < 1.29 is 0 Å². The molecule has 0 atom stereocenters. The van der Waals surface area contributed by atoms with Crippen molar-refractivity contribution in [2.75, 3.05) is 5.32 Å². The van der Waals surface area contributed by atoms with E-state index in [-0.39, 0.29) is 0 Å². The molecule has 4 aromatic heterocycles. The molecule has 0 aliphatic rings. The molecule has 4 heterocycles. The highest BCUT2D eigenvalue weighted by Crippen LogP contribution is 2.33. The van der Waals surface area contributed by atoms with Crippen molar-refractivity contribution in [2.24, 2.45) is 0 Å². The van der Waals surface area contributed by atoms with Gasteiger partial charge in [0, 0.05) is 28.4 Å². The molecule has 0 amide bonds. The summed E-state index contributed by atoms with van der Waals surface area (Å²) in [7, 11) is 0. The largest absolute Gasteiger partial charge is 0.365 e. The zero-order chi connectivity index (χ0) is 19.6. The van der Waals surface area contributed by atoms with Crippen LogP contribution in [0.2, 0.25) is 0 Å². The molecule has 0 saturated heterocycles. The van der Waals surface area contributed by atoms with Gasteiger partial charge in [0.15, 0.2) is 5.65 Å². The minimum atomic E-state index is 0.754. The quantitative estimate of drug-likeness (QED) is 0.429. The van der Waals surface area contributed by atoms with Crippen LogP contribution < -0.4 is 5.32 Å². The van der Waals surface area contributed by atoms with Crippen molar-refractivity contribution in [3.8, 4) is 22.5 Å². The SMILES string of the molecule is Cc1cccc(-c2nc3cccnn3c2-c2ccnc(NCc3cccs3)c2)c1. The second-order valence-corrected chi connectivity index (χ2v) is 7.87. The smallest absolute Gasteiger partial charge is 0.154 e. The Hall–Kier alpha value is -3.51. The van der Waals surface area contributed by atoms with Crippen molar-refractivity contribution >= 4 is 22.8 Å². The molecule has 0 bridgehead atoms. The van der Waals surface area contributed by atoms with E-state index in [9.17, 15) is 0 Å². The Morgan fingerprint density at radius 2 is 1.93 bits per heavy atom. The predicted molar refractivity (Wildman–Crippen MR) is 118 cm³/mol. The lowest BCUT2D eigenvalue weighted by Crippen LogP contribution is -2.00. The molecule has 1 N–H and O–H groups in total. The third-order valence-electron chi connectivity index (χ3n) is 4.74. The number of imidazole rings is 1. The number of thiophene rings is 1. The van der Waals surface area contributed by atoms with Crippen molar-refractivity contribution in [2.45, 2.75) is 13.5 Å². The van der Waals surface area contributed by atoms with Crippen LogP contribution in [0.15, 0.2) is 78.4 Å². The molecule has 0 aliphatic carbocycles. The van der Waals surface area contributed by atoms with E-state index in [1.807, 2.05) is 28.9 Å². The Morgan fingerprint density at radius 1 is 0.966 bits per heavy atom. The highest BCUT2D eigenvalue weighted by molar-refractivity contribution is 7.09. The van der Waals surface area contributed by atoms with Crippen molar-refractivity contribution in [3.63, 3.8) is 0 Å². The summed E-state index contributed by atoms with van der Waals surface area (Å²) < 4.78 is 1.90. The molecule has 142 valence electrons. The lowest BCUT2D eigenvalue weighted by Gasteiger charge is -2.09. The summed E-state index contributed by atoms with van der Waals surface area (Å²) in [5.74, 6) is 0.831. The fourth-order valence-corrected chi connectivity index (χ4v) is 4.05.